The van der Waals surface area contributed by atoms with Gasteiger partial charge in [-0.15, -0.1) is 0 Å². The Kier molecular flexibility index (Phi) is 4.55. The molecular formula is C36H21N3O2. The number of hydrogen-bond acceptors (Lipinski definition) is 5. The van der Waals surface area contributed by atoms with Crippen LogP contribution in [-0.4, -0.2) is 9.97 Å². The molecule has 0 aliphatic heterocycles. The van der Waals surface area contributed by atoms with Gasteiger partial charge in [0.25, 0.3) is 0 Å². The van der Waals surface area contributed by atoms with E-state index in [0.717, 1.165) is 60.7 Å². The highest BCUT2D eigenvalue weighted by Gasteiger charge is 2.24. The maximum Gasteiger partial charge on any atom is 0.229 e. The number of hydrogen-bond donors (Lipinski definition) is 0. The molecule has 9 rings (SSSR count). The van der Waals surface area contributed by atoms with Crippen molar-refractivity contribution in [2.24, 2.45) is 0 Å². The molecule has 4 aromatic heterocycles. The molecule has 0 atom stereocenters. The first-order valence-electron chi connectivity index (χ1n) is 13.6. The summed E-state index contributed by atoms with van der Waals surface area (Å²) in [5.41, 5.74) is 5.76. The van der Waals surface area contributed by atoms with Crippen molar-refractivity contribution in [1.29, 1.82) is 0 Å². The van der Waals surface area contributed by atoms with Crippen LogP contribution in [0.5, 0.6) is 0 Å². The highest BCUT2D eigenvalue weighted by Crippen LogP contribution is 2.46. The average Bonchev–Trinajstić information content (AvgIpc) is 3.60. The first kappa shape index (κ1) is 22.2. The average molecular weight is 528 g/mol. The van der Waals surface area contributed by atoms with Crippen LogP contribution in [-0.2, 0) is 0 Å². The summed E-state index contributed by atoms with van der Waals surface area (Å²) in [4.78, 5) is 11.5. The highest BCUT2D eigenvalue weighted by atomic mass is 16.3. The number of para-hydroxylation sites is 2. The number of fused-ring (bicyclic) bond motifs is 9. The number of benzene rings is 5. The van der Waals surface area contributed by atoms with E-state index in [2.05, 4.69) is 76.6 Å². The lowest BCUT2D eigenvalue weighted by Gasteiger charge is -2.26. The molecule has 0 N–H and O–H groups in total. The number of aromatic nitrogens is 2. The Morgan fingerprint density at radius 3 is 2.17 bits per heavy atom. The van der Waals surface area contributed by atoms with Crippen molar-refractivity contribution in [2.45, 2.75) is 0 Å². The Morgan fingerprint density at radius 2 is 1.27 bits per heavy atom. The third-order valence-corrected chi connectivity index (χ3v) is 7.99. The molecule has 192 valence electrons. The predicted molar refractivity (Wildman–Crippen MR) is 166 cm³/mol. The van der Waals surface area contributed by atoms with Crippen molar-refractivity contribution in [3.05, 3.63) is 128 Å². The predicted octanol–water partition coefficient (Wildman–Crippen LogP) is 10.1. The summed E-state index contributed by atoms with van der Waals surface area (Å²) in [5.74, 6) is 0. The van der Waals surface area contributed by atoms with Crippen LogP contribution >= 0.6 is 0 Å². The number of anilines is 3. The summed E-state index contributed by atoms with van der Waals surface area (Å²) in [5, 5.41) is 8.77. The smallest absolute Gasteiger partial charge is 0.229 e. The molecular weight excluding hydrogens is 506 g/mol. The Hall–Kier alpha value is -5.68. The fourth-order valence-electron chi connectivity index (χ4n) is 6.15. The van der Waals surface area contributed by atoms with Gasteiger partial charge in [0, 0.05) is 34.2 Å². The van der Waals surface area contributed by atoms with Gasteiger partial charge < -0.3 is 13.7 Å². The molecule has 0 aliphatic rings. The summed E-state index contributed by atoms with van der Waals surface area (Å²) >= 11 is 0. The lowest BCUT2D eigenvalue weighted by atomic mass is 10.0. The minimum atomic E-state index is 0.588. The van der Waals surface area contributed by atoms with Gasteiger partial charge in [0.15, 0.2) is 5.58 Å². The largest absolute Gasteiger partial charge is 0.454 e. The van der Waals surface area contributed by atoms with Crippen LogP contribution in [0, 0.1) is 0 Å². The van der Waals surface area contributed by atoms with E-state index in [-0.39, 0.29) is 0 Å². The number of nitrogens with zero attached hydrogens (tertiary/aromatic N) is 3. The Labute approximate surface area is 233 Å². The molecule has 9 aromatic rings. The third-order valence-electron chi connectivity index (χ3n) is 7.99. The van der Waals surface area contributed by atoms with Gasteiger partial charge in [-0.2, -0.15) is 0 Å². The van der Waals surface area contributed by atoms with Gasteiger partial charge in [-0.1, -0.05) is 78.9 Å². The quantitative estimate of drug-likeness (QED) is 0.214. The van der Waals surface area contributed by atoms with Crippen LogP contribution in [0.4, 0.5) is 17.1 Å². The molecule has 0 aliphatic carbocycles. The Bertz CT molecular complexity index is 2450. The molecule has 0 radical (unpaired) electrons. The molecule has 0 unspecified atom stereocenters. The second-order valence-corrected chi connectivity index (χ2v) is 10.3. The molecule has 0 saturated heterocycles. The van der Waals surface area contributed by atoms with Gasteiger partial charge in [-0.25, -0.2) is 4.98 Å². The Balaban J connectivity index is 1.39. The van der Waals surface area contributed by atoms with Crippen molar-refractivity contribution in [2.75, 3.05) is 4.90 Å². The second-order valence-electron chi connectivity index (χ2n) is 10.3. The monoisotopic (exact) mass is 527 g/mol. The van der Waals surface area contributed by atoms with Gasteiger partial charge in [-0.3, -0.25) is 4.98 Å². The van der Waals surface area contributed by atoms with E-state index in [0.29, 0.717) is 5.71 Å². The zero-order valence-electron chi connectivity index (χ0n) is 21.8. The van der Waals surface area contributed by atoms with Crippen molar-refractivity contribution < 1.29 is 8.83 Å². The number of pyridine rings is 2. The summed E-state index contributed by atoms with van der Waals surface area (Å²) in [6, 6.07) is 37.7. The SMILES string of the molecule is c1ccc2c(c1)ccc1cc(N(c3cncc4c3oc3ccccc34)c3ccnc4oc5ccccc5c34)ccc12. The number of furan rings is 2. The van der Waals surface area contributed by atoms with Gasteiger partial charge in [-0.05, 0) is 51.9 Å². The normalized spacial score (nSPS) is 11.9. The molecule has 41 heavy (non-hydrogen) atoms. The van der Waals surface area contributed by atoms with Crippen molar-refractivity contribution in [3.63, 3.8) is 0 Å². The van der Waals surface area contributed by atoms with Crippen LogP contribution in [0.25, 0.3) is 65.6 Å². The molecule has 0 spiro atoms. The minimum Gasteiger partial charge on any atom is -0.454 e. The third kappa shape index (κ3) is 3.23. The van der Waals surface area contributed by atoms with Crippen LogP contribution in [0.15, 0.2) is 137 Å². The first-order chi connectivity index (χ1) is 20.3. The lowest BCUT2D eigenvalue weighted by Crippen LogP contribution is -2.11. The van der Waals surface area contributed by atoms with E-state index in [1.165, 1.54) is 16.2 Å². The van der Waals surface area contributed by atoms with Gasteiger partial charge in [0.05, 0.1) is 17.3 Å². The van der Waals surface area contributed by atoms with Gasteiger partial charge in [0.2, 0.25) is 5.71 Å². The van der Waals surface area contributed by atoms with E-state index in [1.54, 1.807) is 6.20 Å². The van der Waals surface area contributed by atoms with Gasteiger partial charge >= 0.3 is 0 Å². The zero-order chi connectivity index (χ0) is 26.9. The zero-order valence-corrected chi connectivity index (χ0v) is 21.8. The summed E-state index contributed by atoms with van der Waals surface area (Å²) in [7, 11) is 0. The van der Waals surface area contributed by atoms with Crippen LogP contribution < -0.4 is 4.90 Å². The van der Waals surface area contributed by atoms with Crippen molar-refractivity contribution >= 4 is 82.6 Å². The maximum absolute atomic E-state index is 6.51. The molecule has 5 nitrogen and oxygen atoms in total. The standard InChI is InChI=1S/C36H21N3O2/c1-2-8-25-22(7-1)13-14-23-19-24(15-16-26(23)25)39(30-17-18-38-36-34(30)28-10-4-6-12-33(28)41-36)31-21-37-20-29-27-9-3-5-11-32(27)40-35(29)31/h1-21H. The van der Waals surface area contributed by atoms with Crippen LogP contribution in [0.1, 0.15) is 0 Å². The highest BCUT2D eigenvalue weighted by molar-refractivity contribution is 6.16. The molecule has 0 saturated carbocycles. The van der Waals surface area contributed by atoms with E-state index >= 15 is 0 Å². The lowest BCUT2D eigenvalue weighted by molar-refractivity contribution is 0.654. The first-order valence-corrected chi connectivity index (χ1v) is 13.6. The molecule has 0 fully saturated rings. The maximum atomic E-state index is 6.51. The molecule has 5 heteroatoms. The fraction of sp³-hybridized carbons (Fsp3) is 0. The topological polar surface area (TPSA) is 55.3 Å². The minimum absolute atomic E-state index is 0.588. The molecule has 0 bridgehead atoms. The summed E-state index contributed by atoms with van der Waals surface area (Å²) < 4.78 is 12.7. The molecule has 4 heterocycles. The van der Waals surface area contributed by atoms with Gasteiger partial charge in [0.1, 0.15) is 16.9 Å². The van der Waals surface area contributed by atoms with E-state index < -0.39 is 0 Å². The molecule has 5 aromatic carbocycles. The van der Waals surface area contributed by atoms with Crippen molar-refractivity contribution in [1.82, 2.24) is 9.97 Å². The summed E-state index contributed by atoms with van der Waals surface area (Å²) in [6.45, 7) is 0. The van der Waals surface area contributed by atoms with E-state index in [4.69, 9.17) is 13.8 Å². The summed E-state index contributed by atoms with van der Waals surface area (Å²) in [6.07, 6.45) is 5.56. The van der Waals surface area contributed by atoms with E-state index in [1.807, 2.05) is 54.9 Å². The van der Waals surface area contributed by atoms with Crippen LogP contribution in [0.2, 0.25) is 0 Å². The molecule has 0 amide bonds. The van der Waals surface area contributed by atoms with E-state index in [9.17, 15) is 0 Å². The second kappa shape index (κ2) is 8.41. The Morgan fingerprint density at radius 1 is 0.537 bits per heavy atom. The fourth-order valence-corrected chi connectivity index (χ4v) is 6.15. The van der Waals surface area contributed by atoms with Crippen molar-refractivity contribution in [3.8, 4) is 0 Å². The van der Waals surface area contributed by atoms with Crippen LogP contribution in [0.3, 0.4) is 0 Å². The number of rotatable bonds is 3.